The molecular weight excluding hydrogens is 304 g/mol. The van der Waals surface area contributed by atoms with Crippen LogP contribution in [0.4, 0.5) is 14.5 Å². The van der Waals surface area contributed by atoms with Gasteiger partial charge in [0, 0.05) is 37.1 Å². The first-order chi connectivity index (χ1) is 11.0. The van der Waals surface area contributed by atoms with Crippen molar-refractivity contribution in [1.29, 1.82) is 0 Å². The lowest BCUT2D eigenvalue weighted by molar-refractivity contribution is 0.0995. The Hall–Kier alpha value is -2.70. The summed E-state index contributed by atoms with van der Waals surface area (Å²) in [5, 5.41) is 0. The van der Waals surface area contributed by atoms with E-state index in [2.05, 4.69) is 4.98 Å². The number of primary amides is 1. The zero-order chi connectivity index (χ0) is 16.6. The standard InChI is InChI=1S/C16H15F2N3O2/c1-23-14-6-11(5-12(17)15(14)18)21-3-2-9-4-13(16(19)22)20-7-10(9)8-21/h4-7H,2-3,8H2,1H3,(H2,19,22). The molecule has 5 nitrogen and oxygen atoms in total. The second kappa shape index (κ2) is 5.83. The number of pyridine rings is 1. The van der Waals surface area contributed by atoms with Gasteiger partial charge in [-0.15, -0.1) is 0 Å². The number of benzene rings is 1. The third-order valence-corrected chi connectivity index (χ3v) is 3.91. The number of aromatic nitrogens is 1. The van der Waals surface area contributed by atoms with Crippen LogP contribution in [0.25, 0.3) is 0 Å². The molecule has 2 aromatic rings. The van der Waals surface area contributed by atoms with Crippen LogP contribution < -0.4 is 15.4 Å². The van der Waals surface area contributed by atoms with E-state index in [-0.39, 0.29) is 11.4 Å². The summed E-state index contributed by atoms with van der Waals surface area (Å²) in [5.74, 6) is -2.65. The van der Waals surface area contributed by atoms with E-state index < -0.39 is 17.5 Å². The number of hydrogen-bond donors (Lipinski definition) is 1. The van der Waals surface area contributed by atoms with E-state index in [0.29, 0.717) is 25.2 Å². The van der Waals surface area contributed by atoms with Gasteiger partial charge in [0.2, 0.25) is 5.82 Å². The third kappa shape index (κ3) is 2.81. The number of ether oxygens (including phenoxy) is 1. The number of amides is 1. The van der Waals surface area contributed by atoms with Gasteiger partial charge in [-0.2, -0.15) is 4.39 Å². The fraction of sp³-hybridized carbons (Fsp3) is 0.250. The van der Waals surface area contributed by atoms with Crippen molar-refractivity contribution in [2.75, 3.05) is 18.6 Å². The molecule has 0 bridgehead atoms. The number of fused-ring (bicyclic) bond motifs is 1. The molecule has 2 heterocycles. The highest BCUT2D eigenvalue weighted by Crippen LogP contribution is 2.30. The average molecular weight is 319 g/mol. The summed E-state index contributed by atoms with van der Waals surface area (Å²) in [6.07, 6.45) is 2.25. The molecule has 0 saturated heterocycles. The Morgan fingerprint density at radius 3 is 2.78 bits per heavy atom. The highest BCUT2D eigenvalue weighted by Gasteiger charge is 2.21. The van der Waals surface area contributed by atoms with Crippen LogP contribution in [0.15, 0.2) is 24.4 Å². The van der Waals surface area contributed by atoms with Gasteiger partial charge in [0.05, 0.1) is 7.11 Å². The molecule has 0 saturated carbocycles. The predicted molar refractivity (Wildman–Crippen MR) is 80.4 cm³/mol. The van der Waals surface area contributed by atoms with Gasteiger partial charge in [-0.1, -0.05) is 0 Å². The van der Waals surface area contributed by atoms with Crippen LogP contribution >= 0.6 is 0 Å². The average Bonchev–Trinajstić information content (AvgIpc) is 2.56. The van der Waals surface area contributed by atoms with Crippen LogP contribution in [0.3, 0.4) is 0 Å². The Bertz CT molecular complexity index is 780. The summed E-state index contributed by atoms with van der Waals surface area (Å²) < 4.78 is 32.1. The van der Waals surface area contributed by atoms with Crippen LogP contribution in [0.2, 0.25) is 0 Å². The minimum Gasteiger partial charge on any atom is -0.493 e. The number of carbonyl (C=O) groups is 1. The highest BCUT2D eigenvalue weighted by atomic mass is 19.2. The molecule has 0 spiro atoms. The van der Waals surface area contributed by atoms with Crippen LogP contribution in [0, 0.1) is 11.6 Å². The predicted octanol–water partition coefficient (Wildman–Crippen LogP) is 2.03. The SMILES string of the molecule is COc1cc(N2CCc3cc(C(N)=O)ncc3C2)cc(F)c1F. The second-order valence-corrected chi connectivity index (χ2v) is 5.32. The van der Waals surface area contributed by atoms with Crippen molar-refractivity contribution in [3.05, 3.63) is 52.9 Å². The van der Waals surface area contributed by atoms with Gasteiger partial charge in [-0.3, -0.25) is 9.78 Å². The van der Waals surface area contributed by atoms with Crippen molar-refractivity contribution in [2.24, 2.45) is 5.73 Å². The van der Waals surface area contributed by atoms with E-state index in [4.69, 9.17) is 10.5 Å². The molecular formula is C16H15F2N3O2. The molecule has 1 aromatic heterocycles. The summed E-state index contributed by atoms with van der Waals surface area (Å²) >= 11 is 0. The van der Waals surface area contributed by atoms with E-state index in [0.717, 1.165) is 17.2 Å². The van der Waals surface area contributed by atoms with Crippen LogP contribution in [-0.2, 0) is 13.0 Å². The maximum Gasteiger partial charge on any atom is 0.267 e. The number of nitrogens with two attached hydrogens (primary N) is 1. The second-order valence-electron chi connectivity index (χ2n) is 5.32. The van der Waals surface area contributed by atoms with Crippen LogP contribution in [0.5, 0.6) is 5.75 Å². The quantitative estimate of drug-likeness (QED) is 0.940. The van der Waals surface area contributed by atoms with Crippen LogP contribution in [-0.4, -0.2) is 24.5 Å². The first kappa shape index (κ1) is 15.2. The van der Waals surface area contributed by atoms with Gasteiger partial charge in [-0.05, 0) is 23.6 Å². The molecule has 1 aromatic carbocycles. The normalized spacial score (nSPS) is 13.6. The minimum absolute atomic E-state index is 0.131. The van der Waals surface area contributed by atoms with Crippen molar-refractivity contribution in [3.63, 3.8) is 0 Å². The summed E-state index contributed by atoms with van der Waals surface area (Å²) in [6, 6.07) is 4.30. The van der Waals surface area contributed by atoms with E-state index in [9.17, 15) is 13.6 Å². The molecule has 23 heavy (non-hydrogen) atoms. The molecule has 3 rings (SSSR count). The van der Waals surface area contributed by atoms with E-state index in [1.165, 1.54) is 13.2 Å². The molecule has 0 unspecified atom stereocenters. The molecule has 0 radical (unpaired) electrons. The van der Waals surface area contributed by atoms with Crippen molar-refractivity contribution < 1.29 is 18.3 Å². The zero-order valence-corrected chi connectivity index (χ0v) is 12.5. The minimum atomic E-state index is -0.999. The number of methoxy groups -OCH3 is 1. The van der Waals surface area contributed by atoms with E-state index >= 15 is 0 Å². The number of carbonyl (C=O) groups excluding carboxylic acids is 1. The lowest BCUT2D eigenvalue weighted by atomic mass is 10.0. The van der Waals surface area contributed by atoms with Gasteiger partial charge < -0.3 is 15.4 Å². The number of halogens is 2. The maximum atomic E-state index is 13.7. The number of nitrogens with zero attached hydrogens (tertiary/aromatic N) is 2. The van der Waals surface area contributed by atoms with Gasteiger partial charge in [0.15, 0.2) is 11.6 Å². The number of hydrogen-bond acceptors (Lipinski definition) is 4. The number of anilines is 1. The van der Waals surface area contributed by atoms with Gasteiger partial charge in [0.25, 0.3) is 5.91 Å². The Kier molecular flexibility index (Phi) is 3.85. The van der Waals surface area contributed by atoms with Gasteiger partial charge in [0.1, 0.15) is 5.69 Å². The van der Waals surface area contributed by atoms with E-state index in [1.807, 2.05) is 4.90 Å². The summed E-state index contributed by atoms with van der Waals surface area (Å²) in [6.45, 7) is 1.08. The largest absolute Gasteiger partial charge is 0.493 e. The molecule has 2 N–H and O–H groups in total. The lowest BCUT2D eigenvalue weighted by Gasteiger charge is -2.31. The molecule has 1 amide bonds. The van der Waals surface area contributed by atoms with E-state index in [1.54, 1.807) is 12.3 Å². The fourth-order valence-corrected chi connectivity index (χ4v) is 2.68. The molecule has 0 fully saturated rings. The molecule has 0 atom stereocenters. The molecule has 0 aliphatic carbocycles. The molecule has 1 aliphatic rings. The van der Waals surface area contributed by atoms with Crippen molar-refractivity contribution in [3.8, 4) is 5.75 Å². The van der Waals surface area contributed by atoms with Crippen molar-refractivity contribution >= 4 is 11.6 Å². The maximum absolute atomic E-state index is 13.7. The first-order valence-corrected chi connectivity index (χ1v) is 7.05. The molecule has 7 heteroatoms. The summed E-state index contributed by atoms with van der Waals surface area (Å²) in [5.41, 5.74) is 7.89. The smallest absolute Gasteiger partial charge is 0.267 e. The van der Waals surface area contributed by atoms with Gasteiger partial charge >= 0.3 is 0 Å². The lowest BCUT2D eigenvalue weighted by Crippen LogP contribution is -2.31. The third-order valence-electron chi connectivity index (χ3n) is 3.91. The molecule has 120 valence electrons. The summed E-state index contributed by atoms with van der Waals surface area (Å²) in [4.78, 5) is 17.1. The Labute approximate surface area is 131 Å². The van der Waals surface area contributed by atoms with Crippen molar-refractivity contribution in [2.45, 2.75) is 13.0 Å². The zero-order valence-electron chi connectivity index (χ0n) is 12.5. The monoisotopic (exact) mass is 319 g/mol. The van der Waals surface area contributed by atoms with Crippen molar-refractivity contribution in [1.82, 2.24) is 4.98 Å². The highest BCUT2D eigenvalue weighted by molar-refractivity contribution is 5.90. The summed E-state index contributed by atoms with van der Waals surface area (Å²) in [7, 11) is 1.29. The first-order valence-electron chi connectivity index (χ1n) is 7.05. The number of rotatable bonds is 3. The fourth-order valence-electron chi connectivity index (χ4n) is 2.68. The molecule has 1 aliphatic heterocycles. The Morgan fingerprint density at radius 1 is 1.30 bits per heavy atom. The Morgan fingerprint density at radius 2 is 2.09 bits per heavy atom. The van der Waals surface area contributed by atoms with Crippen LogP contribution in [0.1, 0.15) is 21.6 Å². The van der Waals surface area contributed by atoms with Gasteiger partial charge in [-0.25, -0.2) is 4.39 Å². The topological polar surface area (TPSA) is 68.5 Å². The Balaban J connectivity index is 1.90.